The van der Waals surface area contributed by atoms with E-state index in [1.165, 1.54) is 12.1 Å². The van der Waals surface area contributed by atoms with Crippen molar-refractivity contribution in [2.75, 3.05) is 6.54 Å². The third kappa shape index (κ3) is 6.30. The normalized spacial score (nSPS) is 12.0. The highest BCUT2D eigenvalue weighted by atomic mass is 19.4. The number of rotatable bonds is 7. The van der Waals surface area contributed by atoms with Gasteiger partial charge in [0.2, 0.25) is 0 Å². The summed E-state index contributed by atoms with van der Waals surface area (Å²) < 4.78 is 37.0. The molecule has 0 aromatic heterocycles. The first-order chi connectivity index (χ1) is 10.5. The van der Waals surface area contributed by atoms with E-state index >= 15 is 0 Å². The van der Waals surface area contributed by atoms with Crippen molar-refractivity contribution in [1.29, 1.82) is 0 Å². The quantitative estimate of drug-likeness (QED) is 0.804. The average Bonchev–Trinajstić information content (AvgIpc) is 2.44. The number of aliphatic carboxylic acids is 1. The lowest BCUT2D eigenvalue weighted by molar-refractivity contribution is -0.147. The van der Waals surface area contributed by atoms with Crippen LogP contribution < -0.4 is 5.32 Å². The molecular formula is C16H20F3NO3. The summed E-state index contributed by atoms with van der Waals surface area (Å²) >= 11 is 0. The lowest BCUT2D eigenvalue weighted by Crippen LogP contribution is -2.32. The van der Waals surface area contributed by atoms with E-state index in [2.05, 4.69) is 5.32 Å². The fourth-order valence-electron chi connectivity index (χ4n) is 1.93. The molecule has 7 heteroatoms. The smallest absolute Gasteiger partial charge is 0.389 e. The van der Waals surface area contributed by atoms with Gasteiger partial charge in [0.1, 0.15) is 0 Å². The predicted molar refractivity (Wildman–Crippen MR) is 79.2 cm³/mol. The Labute approximate surface area is 132 Å². The van der Waals surface area contributed by atoms with E-state index in [4.69, 9.17) is 5.11 Å². The van der Waals surface area contributed by atoms with Crippen LogP contribution in [-0.4, -0.2) is 29.7 Å². The average molecular weight is 331 g/mol. The highest BCUT2D eigenvalue weighted by molar-refractivity contribution is 5.95. The Bertz CT molecular complexity index is 568. The largest absolute Gasteiger partial charge is 0.481 e. The first-order valence-electron chi connectivity index (χ1n) is 7.19. The number of alkyl halides is 3. The molecule has 0 saturated heterocycles. The van der Waals surface area contributed by atoms with Gasteiger partial charge in [0.25, 0.3) is 5.91 Å². The first-order valence-corrected chi connectivity index (χ1v) is 7.19. The minimum atomic E-state index is -4.28. The first kappa shape index (κ1) is 19.0. The van der Waals surface area contributed by atoms with Gasteiger partial charge in [0, 0.05) is 18.5 Å². The number of carbonyl (C=O) groups excluding carboxylic acids is 1. The van der Waals surface area contributed by atoms with Gasteiger partial charge >= 0.3 is 12.1 Å². The van der Waals surface area contributed by atoms with E-state index < -0.39 is 29.9 Å². The predicted octanol–water partition coefficient (Wildman–Crippen LogP) is 3.41. The summed E-state index contributed by atoms with van der Waals surface area (Å²) in [6.07, 6.45) is -5.33. The number of carboxylic acids is 1. The monoisotopic (exact) mass is 331 g/mol. The molecule has 1 aromatic rings. The van der Waals surface area contributed by atoms with E-state index in [-0.39, 0.29) is 24.9 Å². The molecule has 1 rings (SSSR count). The third-order valence-electron chi connectivity index (χ3n) is 3.55. The van der Waals surface area contributed by atoms with Gasteiger partial charge in [-0.3, -0.25) is 9.59 Å². The molecular weight excluding hydrogens is 311 g/mol. The standard InChI is InChI=1S/C16H20F3NO3/c1-15(2,14(22)23)9-10-20-13(21)12-6-4-3-5-11(12)7-8-16(17,18)19/h3-6H,7-10H2,1-2H3,(H,20,21)(H,22,23). The number of hydrogen-bond donors (Lipinski definition) is 2. The molecule has 1 amide bonds. The van der Waals surface area contributed by atoms with Gasteiger partial charge in [0.15, 0.2) is 0 Å². The van der Waals surface area contributed by atoms with Crippen LogP contribution in [0.4, 0.5) is 13.2 Å². The van der Waals surface area contributed by atoms with E-state index in [0.717, 1.165) is 0 Å². The lowest BCUT2D eigenvalue weighted by Gasteiger charge is -2.19. The van der Waals surface area contributed by atoms with Crippen LogP contribution in [0.15, 0.2) is 24.3 Å². The van der Waals surface area contributed by atoms with Crippen molar-refractivity contribution < 1.29 is 27.9 Å². The number of carboxylic acid groups (broad SMARTS) is 1. The van der Waals surface area contributed by atoms with Crippen LogP contribution in [0.1, 0.15) is 42.6 Å². The fraction of sp³-hybridized carbons (Fsp3) is 0.500. The van der Waals surface area contributed by atoms with Gasteiger partial charge < -0.3 is 10.4 Å². The van der Waals surface area contributed by atoms with Gasteiger partial charge in [-0.1, -0.05) is 18.2 Å². The molecule has 0 spiro atoms. The number of hydrogen-bond acceptors (Lipinski definition) is 2. The second-order valence-corrected chi connectivity index (χ2v) is 5.97. The Morgan fingerprint density at radius 2 is 1.74 bits per heavy atom. The SMILES string of the molecule is CC(C)(CCNC(=O)c1ccccc1CCC(F)(F)F)C(=O)O. The summed E-state index contributed by atoms with van der Waals surface area (Å²) in [5.74, 6) is -1.47. The number of carbonyl (C=O) groups is 2. The Balaban J connectivity index is 2.68. The van der Waals surface area contributed by atoms with Gasteiger partial charge in [-0.15, -0.1) is 0 Å². The maximum absolute atomic E-state index is 12.3. The molecule has 0 aliphatic rings. The van der Waals surface area contributed by atoms with Crippen LogP contribution in [0.5, 0.6) is 0 Å². The Morgan fingerprint density at radius 1 is 1.13 bits per heavy atom. The van der Waals surface area contributed by atoms with Crippen molar-refractivity contribution in [2.45, 2.75) is 39.3 Å². The van der Waals surface area contributed by atoms with Gasteiger partial charge in [-0.25, -0.2) is 0 Å². The van der Waals surface area contributed by atoms with Crippen molar-refractivity contribution in [3.63, 3.8) is 0 Å². The molecule has 0 aliphatic heterocycles. The summed E-state index contributed by atoms with van der Waals surface area (Å²) in [4.78, 5) is 23.1. The number of nitrogens with one attached hydrogen (secondary N) is 1. The van der Waals surface area contributed by atoms with Crippen molar-refractivity contribution in [2.24, 2.45) is 5.41 Å². The van der Waals surface area contributed by atoms with E-state index in [0.29, 0.717) is 5.56 Å². The second-order valence-electron chi connectivity index (χ2n) is 5.97. The van der Waals surface area contributed by atoms with E-state index in [9.17, 15) is 22.8 Å². The Hall–Kier alpha value is -2.05. The van der Waals surface area contributed by atoms with Crippen LogP contribution in [0.2, 0.25) is 0 Å². The molecule has 128 valence electrons. The van der Waals surface area contributed by atoms with Crippen LogP contribution in [0.3, 0.4) is 0 Å². The Kier molecular flexibility index (Phi) is 6.18. The summed E-state index contributed by atoms with van der Waals surface area (Å²) in [6.45, 7) is 3.21. The van der Waals surface area contributed by atoms with E-state index in [1.807, 2.05) is 0 Å². The van der Waals surface area contributed by atoms with Gasteiger partial charge in [-0.2, -0.15) is 13.2 Å². The molecule has 4 nitrogen and oxygen atoms in total. The van der Waals surface area contributed by atoms with Crippen molar-refractivity contribution >= 4 is 11.9 Å². The van der Waals surface area contributed by atoms with Gasteiger partial charge in [-0.05, 0) is 38.3 Å². The maximum Gasteiger partial charge on any atom is 0.389 e. The molecule has 0 atom stereocenters. The van der Waals surface area contributed by atoms with Crippen molar-refractivity contribution in [3.05, 3.63) is 35.4 Å². The highest BCUT2D eigenvalue weighted by Gasteiger charge is 2.28. The fourth-order valence-corrected chi connectivity index (χ4v) is 1.93. The van der Waals surface area contributed by atoms with Crippen LogP contribution in [0.25, 0.3) is 0 Å². The molecule has 0 unspecified atom stereocenters. The molecule has 0 fully saturated rings. The third-order valence-corrected chi connectivity index (χ3v) is 3.55. The zero-order chi connectivity index (χ0) is 17.7. The van der Waals surface area contributed by atoms with E-state index in [1.54, 1.807) is 26.0 Å². The second kappa shape index (κ2) is 7.48. The molecule has 0 bridgehead atoms. The molecule has 23 heavy (non-hydrogen) atoms. The molecule has 0 radical (unpaired) electrons. The molecule has 0 aliphatic carbocycles. The minimum Gasteiger partial charge on any atom is -0.481 e. The molecule has 0 saturated carbocycles. The zero-order valence-electron chi connectivity index (χ0n) is 13.0. The van der Waals surface area contributed by atoms with Crippen LogP contribution in [-0.2, 0) is 11.2 Å². The molecule has 1 aromatic carbocycles. The van der Waals surface area contributed by atoms with Crippen LogP contribution in [0, 0.1) is 5.41 Å². The Morgan fingerprint density at radius 3 is 2.30 bits per heavy atom. The molecule has 0 heterocycles. The summed E-state index contributed by atoms with van der Waals surface area (Å²) in [5.41, 5.74) is -0.479. The number of aryl methyl sites for hydroxylation is 1. The molecule has 2 N–H and O–H groups in total. The number of halogens is 3. The van der Waals surface area contributed by atoms with Crippen molar-refractivity contribution in [3.8, 4) is 0 Å². The zero-order valence-corrected chi connectivity index (χ0v) is 13.0. The van der Waals surface area contributed by atoms with Gasteiger partial charge in [0.05, 0.1) is 5.41 Å². The number of benzene rings is 1. The summed E-state index contributed by atoms with van der Waals surface area (Å²) in [6, 6.07) is 6.11. The maximum atomic E-state index is 12.3. The minimum absolute atomic E-state index is 0.131. The summed E-state index contributed by atoms with van der Waals surface area (Å²) in [7, 11) is 0. The lowest BCUT2D eigenvalue weighted by atomic mass is 9.89. The van der Waals surface area contributed by atoms with Crippen LogP contribution >= 0.6 is 0 Å². The summed E-state index contributed by atoms with van der Waals surface area (Å²) in [5, 5.41) is 11.6. The number of amides is 1. The topological polar surface area (TPSA) is 66.4 Å². The van der Waals surface area contributed by atoms with Crippen molar-refractivity contribution in [1.82, 2.24) is 5.32 Å². The highest BCUT2D eigenvalue weighted by Crippen LogP contribution is 2.23.